The van der Waals surface area contributed by atoms with Crippen LogP contribution in [0.4, 0.5) is 0 Å². The van der Waals surface area contributed by atoms with Crippen molar-refractivity contribution in [3.8, 4) is 0 Å². The number of carbonyl (C=O) groups excluding carboxylic acids is 1. The van der Waals surface area contributed by atoms with E-state index >= 15 is 0 Å². The molecule has 0 bridgehead atoms. The highest BCUT2D eigenvalue weighted by Crippen LogP contribution is 2.23. The van der Waals surface area contributed by atoms with Crippen molar-refractivity contribution in [2.45, 2.75) is 6.92 Å². The second kappa shape index (κ2) is 6.33. The van der Waals surface area contributed by atoms with E-state index in [1.165, 1.54) is 0 Å². The van der Waals surface area contributed by atoms with Crippen molar-refractivity contribution in [3.05, 3.63) is 33.3 Å². The zero-order valence-electron chi connectivity index (χ0n) is 9.17. The first-order chi connectivity index (χ1) is 7.91. The van der Waals surface area contributed by atoms with Crippen LogP contribution < -0.4 is 11.1 Å². The van der Waals surface area contributed by atoms with Gasteiger partial charge in [0.15, 0.2) is 0 Å². The van der Waals surface area contributed by atoms with Crippen LogP contribution >= 0.6 is 39.7 Å². The maximum absolute atomic E-state index is 11.8. The smallest absolute Gasteiger partial charge is 0.251 e. The first-order valence-electron chi connectivity index (χ1n) is 4.94. The second-order valence-electron chi connectivity index (χ2n) is 3.64. The lowest BCUT2D eigenvalue weighted by atomic mass is 10.1. The Labute approximate surface area is 119 Å². The third-order valence-electron chi connectivity index (χ3n) is 2.24. The van der Waals surface area contributed by atoms with Crippen LogP contribution in [-0.2, 0) is 0 Å². The Morgan fingerprint density at radius 1 is 1.65 bits per heavy atom. The molecule has 0 saturated carbocycles. The van der Waals surface area contributed by atoms with Crippen LogP contribution in [0.2, 0.25) is 5.02 Å². The van der Waals surface area contributed by atoms with Gasteiger partial charge in [0, 0.05) is 22.5 Å². The Morgan fingerprint density at radius 3 is 2.82 bits per heavy atom. The molecule has 92 valence electrons. The number of carbonyl (C=O) groups is 1. The van der Waals surface area contributed by atoms with Crippen LogP contribution in [0.15, 0.2) is 22.7 Å². The predicted octanol–water partition coefficient (Wildman–Crippen LogP) is 2.75. The molecule has 0 spiro atoms. The summed E-state index contributed by atoms with van der Waals surface area (Å²) in [4.78, 5) is 12.2. The molecule has 6 heteroatoms. The first-order valence-corrected chi connectivity index (χ1v) is 6.52. The van der Waals surface area contributed by atoms with Gasteiger partial charge in [-0.25, -0.2) is 0 Å². The van der Waals surface area contributed by atoms with Crippen molar-refractivity contribution in [1.82, 2.24) is 5.32 Å². The lowest BCUT2D eigenvalue weighted by molar-refractivity contribution is 0.0951. The van der Waals surface area contributed by atoms with Crippen LogP contribution in [0.5, 0.6) is 0 Å². The topological polar surface area (TPSA) is 55.1 Å². The van der Waals surface area contributed by atoms with Crippen LogP contribution in [0.3, 0.4) is 0 Å². The van der Waals surface area contributed by atoms with E-state index in [0.29, 0.717) is 22.1 Å². The molecule has 0 aliphatic rings. The Kier molecular flexibility index (Phi) is 5.36. The monoisotopic (exact) mass is 334 g/mol. The molecular formula is C11H12BrClN2OS. The third kappa shape index (κ3) is 4.26. The van der Waals surface area contributed by atoms with E-state index in [9.17, 15) is 4.79 Å². The van der Waals surface area contributed by atoms with Gasteiger partial charge in [-0.15, -0.1) is 0 Å². The molecule has 1 aromatic rings. The minimum Gasteiger partial charge on any atom is -0.393 e. The van der Waals surface area contributed by atoms with E-state index in [2.05, 4.69) is 21.2 Å². The molecule has 0 aromatic heterocycles. The zero-order valence-corrected chi connectivity index (χ0v) is 12.3. The van der Waals surface area contributed by atoms with Gasteiger partial charge in [0.1, 0.15) is 0 Å². The fourth-order valence-corrected chi connectivity index (χ4v) is 1.60. The summed E-state index contributed by atoms with van der Waals surface area (Å²) in [6, 6.07) is 5.03. The van der Waals surface area contributed by atoms with Gasteiger partial charge in [-0.2, -0.15) is 0 Å². The average Bonchev–Trinajstić information content (AvgIpc) is 2.28. The molecule has 3 N–H and O–H groups in total. The summed E-state index contributed by atoms with van der Waals surface area (Å²) in [7, 11) is 0. The minimum absolute atomic E-state index is 0.0279. The summed E-state index contributed by atoms with van der Waals surface area (Å²) >= 11 is 14.0. The molecule has 17 heavy (non-hydrogen) atoms. The molecule has 1 atom stereocenters. The van der Waals surface area contributed by atoms with E-state index < -0.39 is 0 Å². The summed E-state index contributed by atoms with van der Waals surface area (Å²) < 4.78 is 0.757. The van der Waals surface area contributed by atoms with Crippen molar-refractivity contribution in [2.75, 3.05) is 6.54 Å². The van der Waals surface area contributed by atoms with E-state index in [1.807, 2.05) is 6.92 Å². The van der Waals surface area contributed by atoms with Crippen LogP contribution in [-0.4, -0.2) is 17.4 Å². The molecule has 0 heterocycles. The lowest BCUT2D eigenvalue weighted by Crippen LogP contribution is -2.33. The highest BCUT2D eigenvalue weighted by molar-refractivity contribution is 9.10. The standard InChI is InChI=1S/C11H12BrClN2OS/c1-6(10(14)17)5-15-11(16)7-2-3-8(12)9(13)4-7/h2-4,6H,5H2,1H3,(H2,14,17)(H,15,16). The molecule has 0 fully saturated rings. The van der Waals surface area contributed by atoms with Crippen molar-refractivity contribution in [2.24, 2.45) is 11.7 Å². The summed E-state index contributed by atoms with van der Waals surface area (Å²) in [5, 5.41) is 3.25. The van der Waals surface area contributed by atoms with Crippen LogP contribution in [0.25, 0.3) is 0 Å². The van der Waals surface area contributed by atoms with Crippen LogP contribution in [0, 0.1) is 5.92 Å². The van der Waals surface area contributed by atoms with E-state index in [-0.39, 0.29) is 11.8 Å². The number of hydrogen-bond acceptors (Lipinski definition) is 2. The number of benzene rings is 1. The molecule has 3 nitrogen and oxygen atoms in total. The highest BCUT2D eigenvalue weighted by Gasteiger charge is 2.10. The molecule has 0 saturated heterocycles. The fraction of sp³-hybridized carbons (Fsp3) is 0.273. The molecule has 0 aliphatic carbocycles. The molecule has 1 aromatic carbocycles. The van der Waals surface area contributed by atoms with Crippen molar-refractivity contribution in [3.63, 3.8) is 0 Å². The zero-order chi connectivity index (χ0) is 13.0. The molecule has 0 aliphatic heterocycles. The number of nitrogens with two attached hydrogens (primary N) is 1. The van der Waals surface area contributed by atoms with E-state index in [4.69, 9.17) is 29.6 Å². The van der Waals surface area contributed by atoms with Gasteiger partial charge in [-0.05, 0) is 34.1 Å². The Hall–Kier alpha value is -0.650. The normalized spacial score (nSPS) is 11.9. The Bertz CT molecular complexity index is 453. The van der Waals surface area contributed by atoms with Crippen LogP contribution in [0.1, 0.15) is 17.3 Å². The first kappa shape index (κ1) is 14.4. The van der Waals surface area contributed by atoms with Gasteiger partial charge >= 0.3 is 0 Å². The summed E-state index contributed by atoms with van der Waals surface area (Å²) in [6.07, 6.45) is 0. The van der Waals surface area contributed by atoms with E-state index in [0.717, 1.165) is 4.47 Å². The van der Waals surface area contributed by atoms with Crippen molar-refractivity contribution in [1.29, 1.82) is 0 Å². The quantitative estimate of drug-likeness (QED) is 0.832. The van der Waals surface area contributed by atoms with E-state index in [1.54, 1.807) is 18.2 Å². The van der Waals surface area contributed by atoms with Gasteiger partial charge in [0.25, 0.3) is 5.91 Å². The maximum atomic E-state index is 11.8. The second-order valence-corrected chi connectivity index (χ2v) is 5.38. The largest absolute Gasteiger partial charge is 0.393 e. The van der Waals surface area contributed by atoms with Crippen molar-refractivity contribution >= 4 is 50.6 Å². The van der Waals surface area contributed by atoms with Gasteiger partial charge < -0.3 is 11.1 Å². The van der Waals surface area contributed by atoms with Crippen molar-refractivity contribution < 1.29 is 4.79 Å². The number of rotatable bonds is 4. The number of amides is 1. The Balaban J connectivity index is 2.64. The fourth-order valence-electron chi connectivity index (χ4n) is 1.09. The number of halogens is 2. The molecule has 1 unspecified atom stereocenters. The minimum atomic E-state index is -0.192. The SMILES string of the molecule is CC(CNC(=O)c1ccc(Br)c(Cl)c1)C(N)=S. The number of hydrogen-bond donors (Lipinski definition) is 2. The van der Waals surface area contributed by atoms with Gasteiger partial charge in [-0.1, -0.05) is 30.7 Å². The summed E-state index contributed by atoms with van der Waals surface area (Å²) in [5.74, 6) is -0.220. The predicted molar refractivity (Wildman–Crippen MR) is 77.4 cm³/mol. The molecule has 0 radical (unpaired) electrons. The maximum Gasteiger partial charge on any atom is 0.251 e. The molecule has 1 amide bonds. The lowest BCUT2D eigenvalue weighted by Gasteiger charge is -2.11. The van der Waals surface area contributed by atoms with Gasteiger partial charge in [-0.3, -0.25) is 4.79 Å². The van der Waals surface area contributed by atoms with Gasteiger partial charge in [0.2, 0.25) is 0 Å². The highest BCUT2D eigenvalue weighted by atomic mass is 79.9. The molecular weight excluding hydrogens is 324 g/mol. The van der Waals surface area contributed by atoms with Gasteiger partial charge in [0.05, 0.1) is 10.0 Å². The summed E-state index contributed by atoms with van der Waals surface area (Å²) in [5.41, 5.74) is 5.97. The Morgan fingerprint density at radius 2 is 2.29 bits per heavy atom. The number of nitrogens with one attached hydrogen (secondary N) is 1. The number of thiocarbonyl (C=S) groups is 1. The average molecular weight is 336 g/mol. The third-order valence-corrected chi connectivity index (χ3v) is 3.87. The summed E-state index contributed by atoms with van der Waals surface area (Å²) in [6.45, 7) is 2.28. The molecule has 1 rings (SSSR count).